The van der Waals surface area contributed by atoms with Crippen molar-refractivity contribution in [2.24, 2.45) is 17.8 Å². The molecule has 0 aromatic carbocycles. The van der Waals surface area contributed by atoms with Gasteiger partial charge in [0.15, 0.2) is 12.6 Å². The number of cyclic esters (lactones) is 1. The van der Waals surface area contributed by atoms with Gasteiger partial charge >= 0.3 is 5.97 Å². The van der Waals surface area contributed by atoms with Crippen LogP contribution in [0.3, 0.4) is 0 Å². The predicted molar refractivity (Wildman–Crippen MR) is 194 cm³/mol. The zero-order chi connectivity index (χ0) is 39.7. The number of carbonyl (C=O) groups excluding carboxylic acids is 1. The van der Waals surface area contributed by atoms with Gasteiger partial charge < -0.3 is 63.8 Å². The van der Waals surface area contributed by atoms with E-state index in [-0.39, 0.29) is 37.3 Å². The van der Waals surface area contributed by atoms with Crippen molar-refractivity contribution in [2.45, 2.75) is 185 Å². The number of aliphatic hydroxyl groups excluding tert-OH is 3. The lowest BCUT2D eigenvalue weighted by Gasteiger charge is -2.48. The Bertz CT molecular complexity index is 1140. The number of hydrogen-bond acceptors (Lipinski definition) is 14. The number of nitrogens with zero attached hydrogens (tertiary/aromatic N) is 2. The highest BCUT2D eigenvalue weighted by Crippen LogP contribution is 2.40. The molecule has 1 unspecified atom stereocenters. The Morgan fingerprint density at radius 1 is 0.942 bits per heavy atom. The summed E-state index contributed by atoms with van der Waals surface area (Å²) in [4.78, 5) is 18.0. The standard InChI is InChI=1S/C38H72N2O12/c1-15-27-38(10,46)31(42)24(6)40(13)19-20(2)17-36(8,45)33(52-35-29(41)26(39(11)12)16-21(3)48-35)22(4)30(23(5)34(44)50-27)51-28-18-37(9,47-14)32(43)25(7)49-28/h20-33,35,41-43,45-46H,15-19H2,1-14H3/t20-,21-,22+,23-,24-,25+,26?,27-,28+,29-,30+,31-,32+,33-,35+,36-,37-,38-/m1/s1. The van der Waals surface area contributed by atoms with Crippen molar-refractivity contribution in [2.75, 3.05) is 34.8 Å². The van der Waals surface area contributed by atoms with Crippen molar-refractivity contribution < 1.29 is 58.7 Å². The Morgan fingerprint density at radius 2 is 1.56 bits per heavy atom. The van der Waals surface area contributed by atoms with Crippen LogP contribution in [-0.4, -0.2) is 166 Å². The summed E-state index contributed by atoms with van der Waals surface area (Å²) in [5.74, 6) is -2.58. The minimum absolute atomic E-state index is 0.133. The van der Waals surface area contributed by atoms with E-state index in [1.807, 2.05) is 51.7 Å². The van der Waals surface area contributed by atoms with E-state index in [9.17, 15) is 30.3 Å². The van der Waals surface area contributed by atoms with Crippen molar-refractivity contribution >= 4 is 5.97 Å². The van der Waals surface area contributed by atoms with Crippen LogP contribution in [0, 0.1) is 17.8 Å². The largest absolute Gasteiger partial charge is 0.459 e. The number of carbonyl (C=O) groups is 1. The second kappa shape index (κ2) is 17.8. The molecule has 3 aliphatic rings. The van der Waals surface area contributed by atoms with Gasteiger partial charge in [0.05, 0.1) is 41.5 Å². The fourth-order valence-corrected chi connectivity index (χ4v) is 8.74. The summed E-state index contributed by atoms with van der Waals surface area (Å²) >= 11 is 0. The molecule has 306 valence electrons. The third kappa shape index (κ3) is 10.0. The van der Waals surface area contributed by atoms with Crippen LogP contribution in [0.15, 0.2) is 0 Å². The van der Waals surface area contributed by atoms with Crippen LogP contribution >= 0.6 is 0 Å². The van der Waals surface area contributed by atoms with E-state index in [4.69, 9.17) is 28.4 Å². The fraction of sp³-hybridized carbons (Fsp3) is 0.974. The van der Waals surface area contributed by atoms with Gasteiger partial charge in [0.2, 0.25) is 0 Å². The first kappa shape index (κ1) is 45.4. The van der Waals surface area contributed by atoms with Gasteiger partial charge in [0.25, 0.3) is 0 Å². The molecular weight excluding hydrogens is 676 g/mol. The van der Waals surface area contributed by atoms with Crippen LogP contribution in [0.1, 0.15) is 94.9 Å². The summed E-state index contributed by atoms with van der Waals surface area (Å²) in [6.07, 6.45) is -8.19. The Hall–Kier alpha value is -1.01. The predicted octanol–water partition coefficient (Wildman–Crippen LogP) is 1.90. The molecular formula is C38H72N2O12. The lowest BCUT2D eigenvalue weighted by molar-refractivity contribution is -0.318. The van der Waals surface area contributed by atoms with E-state index in [0.29, 0.717) is 13.0 Å². The lowest BCUT2D eigenvalue weighted by Crippen LogP contribution is -2.60. The van der Waals surface area contributed by atoms with E-state index in [1.54, 1.807) is 41.5 Å². The number of esters is 1. The Morgan fingerprint density at radius 3 is 2.12 bits per heavy atom. The molecule has 18 atom stereocenters. The first-order valence-electron chi connectivity index (χ1n) is 19.1. The second-order valence-electron chi connectivity index (χ2n) is 17.2. The molecule has 0 aromatic heterocycles. The third-order valence-corrected chi connectivity index (χ3v) is 12.2. The van der Waals surface area contributed by atoms with Crippen molar-refractivity contribution in [3.8, 4) is 0 Å². The SMILES string of the molecule is CC[C@H]1OC(=O)[C@H](C)[C@@H](O[C@H]2C[C@@](C)(OC)[C@@H](O)[C@H](C)O2)[C@H](C)[C@@H](O[C@@H]2O[C@H](C)CC(N(C)C)[C@H]2O)[C@](C)(O)C[C@@H](C)CN(C)[C@H](C)[C@@H](O)[C@]1(C)O. The number of hydrogen-bond donors (Lipinski definition) is 5. The number of rotatable bonds is 7. The summed E-state index contributed by atoms with van der Waals surface area (Å²) in [6.45, 7) is 18.0. The zero-order valence-corrected chi connectivity index (χ0v) is 34.2. The molecule has 0 amide bonds. The molecule has 0 bridgehead atoms. The zero-order valence-electron chi connectivity index (χ0n) is 34.2. The average molecular weight is 749 g/mol. The highest BCUT2D eigenvalue weighted by atomic mass is 16.7. The molecule has 3 heterocycles. The van der Waals surface area contributed by atoms with Gasteiger partial charge in [-0.1, -0.05) is 20.8 Å². The number of ether oxygens (including phenoxy) is 6. The molecule has 0 aliphatic carbocycles. The molecule has 14 heteroatoms. The number of methoxy groups -OCH3 is 1. The Kier molecular flexibility index (Phi) is 15.6. The molecule has 3 saturated heterocycles. The van der Waals surface area contributed by atoms with Crippen LogP contribution in [0.4, 0.5) is 0 Å². The molecule has 5 N–H and O–H groups in total. The van der Waals surface area contributed by atoms with Gasteiger partial charge in [-0.2, -0.15) is 0 Å². The van der Waals surface area contributed by atoms with Gasteiger partial charge in [-0.25, -0.2) is 0 Å². The summed E-state index contributed by atoms with van der Waals surface area (Å²) < 4.78 is 37.5. The van der Waals surface area contributed by atoms with E-state index in [0.717, 1.165) is 0 Å². The van der Waals surface area contributed by atoms with Crippen molar-refractivity contribution in [1.29, 1.82) is 0 Å². The number of likely N-dealkylation sites (N-methyl/N-ethyl adjacent to an activating group) is 2. The third-order valence-electron chi connectivity index (χ3n) is 12.2. The molecule has 3 rings (SSSR count). The monoisotopic (exact) mass is 749 g/mol. The summed E-state index contributed by atoms with van der Waals surface area (Å²) in [6, 6.07) is -0.808. The average Bonchev–Trinajstić information content (AvgIpc) is 3.05. The topological polar surface area (TPSA) is 180 Å². The maximum atomic E-state index is 14.2. The Balaban J connectivity index is 2.17. The van der Waals surface area contributed by atoms with Crippen LogP contribution < -0.4 is 0 Å². The van der Waals surface area contributed by atoms with E-state index in [2.05, 4.69) is 0 Å². The minimum atomic E-state index is -1.80. The molecule has 0 radical (unpaired) electrons. The molecule has 3 fully saturated rings. The summed E-state index contributed by atoms with van der Waals surface area (Å²) in [5, 5.41) is 58.1. The van der Waals surface area contributed by atoms with Crippen LogP contribution in [-0.2, 0) is 33.2 Å². The molecule has 0 spiro atoms. The maximum Gasteiger partial charge on any atom is 0.311 e. The van der Waals surface area contributed by atoms with Gasteiger partial charge in [0, 0.05) is 38.1 Å². The first-order chi connectivity index (χ1) is 23.9. The summed E-state index contributed by atoms with van der Waals surface area (Å²) in [5.41, 5.74) is -4.37. The van der Waals surface area contributed by atoms with Gasteiger partial charge in [0.1, 0.15) is 30.0 Å². The number of aliphatic hydroxyl groups is 5. The van der Waals surface area contributed by atoms with Crippen LogP contribution in [0.5, 0.6) is 0 Å². The van der Waals surface area contributed by atoms with Crippen LogP contribution in [0.25, 0.3) is 0 Å². The highest BCUT2D eigenvalue weighted by molar-refractivity contribution is 5.73. The van der Waals surface area contributed by atoms with E-state index < -0.39 is 96.0 Å². The quantitative estimate of drug-likeness (QED) is 0.238. The summed E-state index contributed by atoms with van der Waals surface area (Å²) in [7, 11) is 7.12. The lowest BCUT2D eigenvalue weighted by atomic mass is 9.77. The van der Waals surface area contributed by atoms with Crippen molar-refractivity contribution in [3.05, 3.63) is 0 Å². The van der Waals surface area contributed by atoms with Crippen molar-refractivity contribution in [3.63, 3.8) is 0 Å². The molecule has 3 aliphatic heterocycles. The minimum Gasteiger partial charge on any atom is -0.459 e. The second-order valence-corrected chi connectivity index (χ2v) is 17.2. The van der Waals surface area contributed by atoms with Crippen molar-refractivity contribution in [1.82, 2.24) is 9.80 Å². The maximum absolute atomic E-state index is 14.2. The normalized spacial score (nSPS) is 49.6. The molecule has 14 nitrogen and oxygen atoms in total. The fourth-order valence-electron chi connectivity index (χ4n) is 8.74. The first-order valence-corrected chi connectivity index (χ1v) is 19.1. The smallest absolute Gasteiger partial charge is 0.311 e. The van der Waals surface area contributed by atoms with Gasteiger partial charge in [-0.3, -0.25) is 4.79 Å². The molecule has 0 aromatic rings. The van der Waals surface area contributed by atoms with E-state index >= 15 is 0 Å². The molecule has 0 saturated carbocycles. The van der Waals surface area contributed by atoms with Gasteiger partial charge in [-0.15, -0.1) is 0 Å². The van der Waals surface area contributed by atoms with Crippen LogP contribution in [0.2, 0.25) is 0 Å². The Labute approximate surface area is 312 Å². The molecule has 52 heavy (non-hydrogen) atoms. The van der Waals surface area contributed by atoms with Gasteiger partial charge in [-0.05, 0) is 94.8 Å². The van der Waals surface area contributed by atoms with E-state index in [1.165, 1.54) is 14.0 Å². The highest BCUT2D eigenvalue weighted by Gasteiger charge is 2.52.